The number of likely N-dealkylation sites (N-methyl/N-ethyl adjacent to an activating group) is 1. The van der Waals surface area contributed by atoms with Crippen LogP contribution in [0.25, 0.3) is 0 Å². The van der Waals surface area contributed by atoms with E-state index in [0.29, 0.717) is 17.4 Å². The molecule has 0 saturated carbocycles. The monoisotopic (exact) mass is 1460 g/mol. The van der Waals surface area contributed by atoms with Gasteiger partial charge in [-0.25, -0.2) is 0 Å². The van der Waals surface area contributed by atoms with Gasteiger partial charge in [0.25, 0.3) is 7.82 Å². The highest BCUT2D eigenvalue weighted by Crippen LogP contribution is 2.38. The van der Waals surface area contributed by atoms with E-state index in [-0.39, 0.29) is 32.0 Å². The summed E-state index contributed by atoms with van der Waals surface area (Å²) >= 11 is 0. The first-order chi connectivity index (χ1) is 51.0. The Morgan fingerprint density at radius 3 is 0.817 bits per heavy atom. The minimum Gasteiger partial charge on any atom is -0.756 e. The maximum Gasteiger partial charge on any atom is 0.306 e. The lowest BCUT2D eigenvalue weighted by atomic mass is 10.0. The Morgan fingerprint density at radius 1 is 0.308 bits per heavy atom. The van der Waals surface area contributed by atoms with E-state index in [4.69, 9.17) is 18.5 Å². The average Bonchev–Trinajstić information content (AvgIpc) is 0.920. The van der Waals surface area contributed by atoms with E-state index >= 15 is 0 Å². The van der Waals surface area contributed by atoms with E-state index in [1.54, 1.807) is 0 Å². The van der Waals surface area contributed by atoms with Gasteiger partial charge in [-0.15, -0.1) is 0 Å². The largest absolute Gasteiger partial charge is 0.756 e. The lowest BCUT2D eigenvalue weighted by Crippen LogP contribution is -2.37. The zero-order valence-corrected chi connectivity index (χ0v) is 69.1. The van der Waals surface area contributed by atoms with Crippen LogP contribution < -0.4 is 4.89 Å². The normalized spacial score (nSPS) is 13.8. The van der Waals surface area contributed by atoms with Gasteiger partial charge in [-0.2, -0.15) is 0 Å². The highest BCUT2D eigenvalue weighted by atomic mass is 31.2. The number of unbranched alkanes of at least 4 members (excludes halogenated alkanes) is 39. The molecule has 0 N–H and O–H groups in total. The predicted molar refractivity (Wildman–Crippen MR) is 452 cm³/mol. The third-order valence-electron chi connectivity index (χ3n) is 18.5. The van der Waals surface area contributed by atoms with Crippen LogP contribution >= 0.6 is 7.82 Å². The Hall–Kier alpha value is -4.37. The van der Waals surface area contributed by atoms with Crippen molar-refractivity contribution in [1.29, 1.82) is 0 Å². The van der Waals surface area contributed by atoms with E-state index in [1.807, 2.05) is 21.1 Å². The molecule has 9 nitrogen and oxygen atoms in total. The molecular formula is C94H162NO8P. The fourth-order valence-electron chi connectivity index (χ4n) is 12.0. The second-order valence-corrected chi connectivity index (χ2v) is 31.2. The van der Waals surface area contributed by atoms with Gasteiger partial charge in [0.15, 0.2) is 6.10 Å². The zero-order chi connectivity index (χ0) is 75.4. The fraction of sp³-hybridized carbons (Fsp3) is 0.702. The first-order valence-corrected chi connectivity index (χ1v) is 44.7. The molecule has 104 heavy (non-hydrogen) atoms. The summed E-state index contributed by atoms with van der Waals surface area (Å²) in [6.07, 6.45) is 124. The van der Waals surface area contributed by atoms with Crippen LogP contribution in [0.5, 0.6) is 0 Å². The number of phosphoric ester groups is 1. The minimum absolute atomic E-state index is 0.0364. The third kappa shape index (κ3) is 86.5. The molecule has 2 unspecified atom stereocenters. The third-order valence-corrected chi connectivity index (χ3v) is 19.5. The van der Waals surface area contributed by atoms with Crippen molar-refractivity contribution in [2.75, 3.05) is 47.5 Å². The molecule has 2 atom stereocenters. The maximum absolute atomic E-state index is 12.9. The van der Waals surface area contributed by atoms with E-state index in [9.17, 15) is 19.0 Å². The maximum atomic E-state index is 12.9. The Labute approximate surface area is 643 Å². The molecule has 0 radical (unpaired) electrons. The molecule has 596 valence electrons. The fourth-order valence-corrected chi connectivity index (χ4v) is 12.7. The lowest BCUT2D eigenvalue weighted by molar-refractivity contribution is -0.870. The van der Waals surface area contributed by atoms with Crippen LogP contribution in [-0.4, -0.2) is 70.0 Å². The van der Waals surface area contributed by atoms with E-state index in [1.165, 1.54) is 218 Å². The Bertz CT molecular complexity index is 2320. The summed E-state index contributed by atoms with van der Waals surface area (Å²) in [5.74, 6) is -0.832. The number of esters is 2. The molecule has 0 aliphatic heterocycles. The highest BCUT2D eigenvalue weighted by Gasteiger charge is 2.22. The number of nitrogens with zero attached hydrogens (tertiary/aromatic N) is 1. The molecule has 10 heteroatoms. The zero-order valence-electron chi connectivity index (χ0n) is 68.2. The van der Waals surface area contributed by atoms with Gasteiger partial charge in [0.05, 0.1) is 27.7 Å². The Kier molecular flexibility index (Phi) is 79.2. The second kappa shape index (κ2) is 82.7. The van der Waals surface area contributed by atoms with Gasteiger partial charge < -0.3 is 27.9 Å². The van der Waals surface area contributed by atoms with Crippen molar-refractivity contribution in [3.8, 4) is 0 Å². The van der Waals surface area contributed by atoms with Crippen LogP contribution in [0, 0.1) is 0 Å². The van der Waals surface area contributed by atoms with Crippen LogP contribution in [-0.2, 0) is 32.7 Å². The highest BCUT2D eigenvalue weighted by molar-refractivity contribution is 7.45. The van der Waals surface area contributed by atoms with Crippen molar-refractivity contribution in [3.05, 3.63) is 158 Å². The van der Waals surface area contributed by atoms with Gasteiger partial charge in [-0.05, 0) is 128 Å². The van der Waals surface area contributed by atoms with Gasteiger partial charge in [0.1, 0.15) is 19.8 Å². The Balaban J connectivity index is 3.98. The SMILES string of the molecule is CC/C=C\C/C=C\C/C=C\C/C=C\C/C=C\C/C=C\C/C=C\C/C=C\C/C=C\C/C=C\CCCCCCCCCCCCC(=O)OC(COC(=O)CCCCCCCCCCCCCCCCCCCCCCCCCC/C=C\C/C=C\C/C=C\CCCCCCC)COP(=O)([O-])OCC[N+](C)(C)C. The molecule has 0 amide bonds. The standard InChI is InChI=1S/C94H162NO8P/c1-6-8-10-12-14-16-18-20-22-24-26-28-30-32-34-36-38-40-42-44-46-47-49-51-53-55-57-59-61-63-65-67-69-71-73-75-77-79-81-83-85-87-94(97)103-92(91-102-104(98,99)101-89-88-95(3,4)5)90-100-93(96)86-84-82-80-78-76-74-72-70-68-66-64-62-60-58-56-54-52-50-48-45-43-41-39-37-35-33-31-29-27-25-23-21-19-17-15-13-11-9-7-2/h8,10,14,16,19-22,25-28,31-34,38,40,44,46,49,51,55,57,61,63,92H,6-7,9,11-13,15,17-18,23-24,29-30,35-37,39,41-43,45,47-48,50,52-54,56,58-60,62,64-91H2,1-5H3/b10-8-,16-14-,21-19-,22-20-,27-25-,28-26-,33-31-,34-32-,40-38-,46-44-,51-49-,57-55-,63-61-. The molecular weight excluding hydrogens is 1300 g/mol. The first kappa shape index (κ1) is 99.6. The number of phosphoric acid groups is 1. The number of hydrogen-bond donors (Lipinski definition) is 0. The molecule has 0 fully saturated rings. The van der Waals surface area contributed by atoms with Gasteiger partial charge in [-0.1, -0.05) is 390 Å². The van der Waals surface area contributed by atoms with Crippen LogP contribution in [0.2, 0.25) is 0 Å². The summed E-state index contributed by atoms with van der Waals surface area (Å²) in [6.45, 7) is 4.14. The molecule has 0 bridgehead atoms. The summed E-state index contributed by atoms with van der Waals surface area (Å²) in [4.78, 5) is 38.2. The summed E-state index contributed by atoms with van der Waals surface area (Å²) < 4.78 is 34.5. The first-order valence-electron chi connectivity index (χ1n) is 43.2. The van der Waals surface area contributed by atoms with Crippen molar-refractivity contribution in [1.82, 2.24) is 0 Å². The number of hydrogen-bond acceptors (Lipinski definition) is 8. The van der Waals surface area contributed by atoms with Crippen molar-refractivity contribution < 1.29 is 42.1 Å². The predicted octanol–water partition coefficient (Wildman–Crippen LogP) is 28.8. The topological polar surface area (TPSA) is 111 Å². The Morgan fingerprint density at radius 2 is 0.548 bits per heavy atom. The van der Waals surface area contributed by atoms with E-state index in [2.05, 4.69) is 172 Å². The molecule has 0 aromatic rings. The molecule has 0 saturated heterocycles. The quantitative estimate of drug-likeness (QED) is 0.0195. The van der Waals surface area contributed by atoms with Crippen LogP contribution in [0.15, 0.2) is 158 Å². The summed E-state index contributed by atoms with van der Waals surface area (Å²) in [6, 6.07) is 0. The summed E-state index contributed by atoms with van der Waals surface area (Å²) in [7, 11) is 1.16. The molecule has 0 heterocycles. The van der Waals surface area contributed by atoms with Crippen LogP contribution in [0.3, 0.4) is 0 Å². The number of carbonyl (C=O) groups excluding carboxylic acids is 2. The van der Waals surface area contributed by atoms with Gasteiger partial charge in [-0.3, -0.25) is 14.2 Å². The van der Waals surface area contributed by atoms with Gasteiger partial charge in [0, 0.05) is 12.8 Å². The molecule has 0 rings (SSSR count). The average molecular weight is 1470 g/mol. The van der Waals surface area contributed by atoms with Crippen molar-refractivity contribution in [2.45, 2.75) is 380 Å². The van der Waals surface area contributed by atoms with E-state index in [0.717, 1.165) is 122 Å². The summed E-state index contributed by atoms with van der Waals surface area (Å²) in [5.41, 5.74) is 0. The van der Waals surface area contributed by atoms with Crippen LogP contribution in [0.4, 0.5) is 0 Å². The van der Waals surface area contributed by atoms with Crippen LogP contribution in [0.1, 0.15) is 373 Å². The molecule has 0 aliphatic carbocycles. The number of carbonyl (C=O) groups is 2. The van der Waals surface area contributed by atoms with Crippen molar-refractivity contribution in [3.63, 3.8) is 0 Å². The lowest BCUT2D eigenvalue weighted by Gasteiger charge is -2.28. The van der Waals surface area contributed by atoms with E-state index < -0.39 is 26.5 Å². The number of rotatable bonds is 79. The molecule has 0 aromatic heterocycles. The minimum atomic E-state index is -4.66. The molecule has 0 aliphatic rings. The van der Waals surface area contributed by atoms with Crippen molar-refractivity contribution >= 4 is 19.8 Å². The molecule has 0 spiro atoms. The number of allylic oxidation sites excluding steroid dienone is 26. The number of ether oxygens (including phenoxy) is 2. The van der Waals surface area contributed by atoms with Crippen molar-refractivity contribution in [2.24, 2.45) is 0 Å². The van der Waals surface area contributed by atoms with Gasteiger partial charge in [0.2, 0.25) is 0 Å². The summed E-state index contributed by atoms with van der Waals surface area (Å²) in [5, 5.41) is 0. The second-order valence-electron chi connectivity index (χ2n) is 29.8. The molecule has 0 aromatic carbocycles. The smallest absolute Gasteiger partial charge is 0.306 e. The number of quaternary nitrogens is 1. The van der Waals surface area contributed by atoms with Gasteiger partial charge >= 0.3 is 11.9 Å².